The number of carbonyl (C=O) groups excluding carboxylic acids is 3. The van der Waals surface area contributed by atoms with Crippen LogP contribution in [0.3, 0.4) is 0 Å². The van der Waals surface area contributed by atoms with E-state index in [4.69, 9.17) is 29.4 Å². The van der Waals surface area contributed by atoms with Crippen molar-refractivity contribution in [3.8, 4) is 0 Å². The van der Waals surface area contributed by atoms with Crippen LogP contribution < -0.4 is 5.73 Å². The Morgan fingerprint density at radius 1 is 0.600 bits per heavy atom. The molecule has 0 unspecified atom stereocenters. The molecule has 0 rings (SSSR count). The van der Waals surface area contributed by atoms with Crippen LogP contribution in [0, 0.1) is 5.41 Å². The maximum Gasteiger partial charge on any atom is 0.308 e. The molecule has 0 aromatic heterocycles. The molecule has 0 aliphatic rings. The summed E-state index contributed by atoms with van der Waals surface area (Å²) >= 11 is 0. The Morgan fingerprint density at radius 2 is 0.943 bits per heavy atom. The Labute approximate surface area is 211 Å². The number of ketones is 1. The van der Waals surface area contributed by atoms with Gasteiger partial charge in [-0.05, 0) is 47.0 Å². The van der Waals surface area contributed by atoms with Crippen LogP contribution in [-0.2, 0) is 38.1 Å². The molecular formula is C26H49NO8. The molecule has 0 amide bonds. The van der Waals surface area contributed by atoms with E-state index in [0.717, 1.165) is 0 Å². The quantitative estimate of drug-likeness (QED) is 0.248. The van der Waals surface area contributed by atoms with E-state index in [1.165, 1.54) is 0 Å². The number of Topliss-reactive ketones (excluding diaryl/α,β-unsaturated/α-hetero) is 1. The first-order valence-corrected chi connectivity index (χ1v) is 12.3. The molecule has 9 nitrogen and oxygen atoms in total. The van der Waals surface area contributed by atoms with Crippen molar-refractivity contribution in [1.29, 1.82) is 0 Å². The summed E-state index contributed by atoms with van der Waals surface area (Å²) in [7, 11) is 0. The highest BCUT2D eigenvalue weighted by atomic mass is 16.6. The summed E-state index contributed by atoms with van der Waals surface area (Å²) in [5.74, 6) is -0.591. The van der Waals surface area contributed by atoms with Gasteiger partial charge in [-0.25, -0.2) is 0 Å². The van der Waals surface area contributed by atoms with Gasteiger partial charge in [0.15, 0.2) is 0 Å². The summed E-state index contributed by atoms with van der Waals surface area (Å²) in [4.78, 5) is 35.8. The fourth-order valence-electron chi connectivity index (χ4n) is 2.91. The Bertz CT molecular complexity index is 567. The molecule has 0 radical (unpaired) electrons. The van der Waals surface area contributed by atoms with Gasteiger partial charge in [0.1, 0.15) is 17.0 Å². The second-order valence-corrected chi connectivity index (χ2v) is 12.2. The monoisotopic (exact) mass is 503 g/mol. The fraction of sp³-hybridized carbons (Fsp3) is 0.885. The molecule has 0 heterocycles. The third-order valence-corrected chi connectivity index (χ3v) is 4.16. The number of carbonyl (C=O) groups is 3. The molecule has 9 heteroatoms. The Balaban J connectivity index is 4.66. The van der Waals surface area contributed by atoms with Crippen molar-refractivity contribution in [3.63, 3.8) is 0 Å². The van der Waals surface area contributed by atoms with Gasteiger partial charge in [0, 0.05) is 12.8 Å². The van der Waals surface area contributed by atoms with Crippen LogP contribution in [0.5, 0.6) is 0 Å². The third-order valence-electron chi connectivity index (χ3n) is 4.16. The van der Waals surface area contributed by atoms with Crippen LogP contribution in [0.25, 0.3) is 0 Å². The maximum atomic E-state index is 12.1. The molecular weight excluding hydrogens is 454 g/mol. The van der Waals surface area contributed by atoms with E-state index < -0.39 is 16.7 Å². The van der Waals surface area contributed by atoms with Gasteiger partial charge in [0.05, 0.1) is 58.0 Å². The zero-order valence-electron chi connectivity index (χ0n) is 23.4. The molecule has 0 saturated heterocycles. The summed E-state index contributed by atoms with van der Waals surface area (Å²) in [6.07, 6.45) is 0.960. The zero-order chi connectivity index (χ0) is 27.3. The minimum Gasteiger partial charge on any atom is -0.460 e. The number of ether oxygens (including phenoxy) is 5. The van der Waals surface area contributed by atoms with Crippen LogP contribution in [-0.4, -0.2) is 74.1 Å². The number of hydrogen-bond donors (Lipinski definition) is 1. The zero-order valence-corrected chi connectivity index (χ0v) is 23.4. The lowest BCUT2D eigenvalue weighted by molar-refractivity contribution is -0.157. The molecule has 0 bridgehead atoms. The minimum absolute atomic E-state index is 0.0676. The van der Waals surface area contributed by atoms with Crippen LogP contribution in [0.15, 0.2) is 0 Å². The largest absolute Gasteiger partial charge is 0.460 e. The van der Waals surface area contributed by atoms with Gasteiger partial charge in [0.25, 0.3) is 0 Å². The molecule has 0 fully saturated rings. The molecule has 2 N–H and O–H groups in total. The standard InChI is InChI=1S/C26H49NO8/c1-23(2,3)16-20(28)10-13-31-17-26(27,18-32-14-11-21(29)34-24(4,5)6)19-33-15-12-22(30)35-25(7,8)9/h10-19,27H2,1-9H3. The average molecular weight is 504 g/mol. The van der Waals surface area contributed by atoms with Crippen molar-refractivity contribution in [1.82, 2.24) is 0 Å². The highest BCUT2D eigenvalue weighted by molar-refractivity contribution is 5.79. The first-order valence-electron chi connectivity index (χ1n) is 12.3. The molecule has 0 aromatic rings. The van der Waals surface area contributed by atoms with E-state index in [-0.39, 0.29) is 75.6 Å². The van der Waals surface area contributed by atoms with E-state index in [2.05, 4.69) is 0 Å². The molecule has 206 valence electrons. The number of rotatable bonds is 16. The topological polar surface area (TPSA) is 123 Å². The first-order chi connectivity index (χ1) is 15.8. The normalized spacial score (nSPS) is 13.0. The van der Waals surface area contributed by atoms with Crippen molar-refractivity contribution < 1.29 is 38.1 Å². The van der Waals surface area contributed by atoms with Gasteiger partial charge >= 0.3 is 11.9 Å². The van der Waals surface area contributed by atoms with Gasteiger partial charge in [0.2, 0.25) is 0 Å². The molecule has 0 aliphatic carbocycles. The predicted molar refractivity (Wildman–Crippen MR) is 134 cm³/mol. The van der Waals surface area contributed by atoms with Crippen LogP contribution in [0.1, 0.15) is 88.0 Å². The predicted octanol–water partition coefficient (Wildman–Crippen LogP) is 3.59. The fourth-order valence-corrected chi connectivity index (χ4v) is 2.91. The van der Waals surface area contributed by atoms with E-state index >= 15 is 0 Å². The van der Waals surface area contributed by atoms with E-state index in [1.54, 1.807) is 41.5 Å². The summed E-state index contributed by atoms with van der Waals surface area (Å²) in [6.45, 7) is 17.6. The maximum absolute atomic E-state index is 12.1. The Hall–Kier alpha value is -1.55. The van der Waals surface area contributed by atoms with E-state index in [1.807, 2.05) is 20.8 Å². The molecule has 35 heavy (non-hydrogen) atoms. The summed E-state index contributed by atoms with van der Waals surface area (Å²) in [5, 5.41) is 0. The average Bonchev–Trinajstić information content (AvgIpc) is 2.62. The van der Waals surface area contributed by atoms with Crippen molar-refractivity contribution in [2.24, 2.45) is 11.1 Å². The van der Waals surface area contributed by atoms with Crippen molar-refractivity contribution in [2.45, 2.75) is 105 Å². The van der Waals surface area contributed by atoms with Gasteiger partial charge < -0.3 is 29.4 Å². The van der Waals surface area contributed by atoms with Crippen molar-refractivity contribution in [3.05, 3.63) is 0 Å². The first kappa shape index (κ1) is 33.4. The van der Waals surface area contributed by atoms with Gasteiger partial charge in [-0.2, -0.15) is 0 Å². The van der Waals surface area contributed by atoms with E-state index in [0.29, 0.717) is 12.8 Å². The Kier molecular flexibility index (Phi) is 14.2. The smallest absolute Gasteiger partial charge is 0.308 e. The third kappa shape index (κ3) is 21.5. The SMILES string of the molecule is CC(C)(C)CC(=O)CCOCC(N)(COCCC(=O)OC(C)(C)C)COCCC(=O)OC(C)(C)C. The van der Waals surface area contributed by atoms with Gasteiger partial charge in [-0.15, -0.1) is 0 Å². The lowest BCUT2D eigenvalue weighted by atomic mass is 9.89. The lowest BCUT2D eigenvalue weighted by Crippen LogP contribution is -2.53. The molecule has 0 spiro atoms. The Morgan fingerprint density at radius 3 is 1.26 bits per heavy atom. The number of nitrogens with two attached hydrogens (primary N) is 1. The lowest BCUT2D eigenvalue weighted by Gasteiger charge is -2.29. The summed E-state index contributed by atoms with van der Waals surface area (Å²) < 4.78 is 27.5. The van der Waals surface area contributed by atoms with Gasteiger partial charge in [-0.1, -0.05) is 20.8 Å². The van der Waals surface area contributed by atoms with Crippen LogP contribution in [0.2, 0.25) is 0 Å². The molecule has 0 saturated carbocycles. The molecule has 0 atom stereocenters. The number of hydrogen-bond acceptors (Lipinski definition) is 9. The second-order valence-electron chi connectivity index (χ2n) is 12.2. The van der Waals surface area contributed by atoms with E-state index in [9.17, 15) is 14.4 Å². The van der Waals surface area contributed by atoms with Gasteiger partial charge in [-0.3, -0.25) is 14.4 Å². The van der Waals surface area contributed by atoms with Crippen molar-refractivity contribution >= 4 is 17.7 Å². The minimum atomic E-state index is -1.02. The van der Waals surface area contributed by atoms with Crippen LogP contribution >= 0.6 is 0 Å². The summed E-state index contributed by atoms with van der Waals surface area (Å²) in [5.41, 5.74) is 4.25. The summed E-state index contributed by atoms with van der Waals surface area (Å²) in [6, 6.07) is 0. The van der Waals surface area contributed by atoms with Crippen molar-refractivity contribution in [2.75, 3.05) is 39.6 Å². The molecule has 0 aromatic carbocycles. The molecule has 0 aliphatic heterocycles. The van der Waals surface area contributed by atoms with Crippen LogP contribution in [0.4, 0.5) is 0 Å². The number of esters is 2. The second kappa shape index (κ2) is 14.9. The highest BCUT2D eigenvalue weighted by Gasteiger charge is 2.28. The highest BCUT2D eigenvalue weighted by Crippen LogP contribution is 2.19.